The second kappa shape index (κ2) is 6.83. The number of H-pyrrole nitrogens is 1. The van der Waals surface area contributed by atoms with Gasteiger partial charge in [-0.1, -0.05) is 13.3 Å². The van der Waals surface area contributed by atoms with Gasteiger partial charge in [0.05, 0.1) is 6.61 Å². The van der Waals surface area contributed by atoms with Crippen LogP contribution in [0.3, 0.4) is 0 Å². The second-order valence-corrected chi connectivity index (χ2v) is 4.61. The zero-order valence-corrected chi connectivity index (χ0v) is 12.2. The lowest BCUT2D eigenvalue weighted by Crippen LogP contribution is -2.21. The van der Waals surface area contributed by atoms with E-state index in [1.807, 2.05) is 19.1 Å². The molecule has 0 bridgehead atoms. The standard InChI is InChI=1S/C16H18N2O3/c1-3-5-14-12(11-6-8-17-9-7-11)10-13(15(19)18-14)16(20)21-4-2/h6-10H,3-5H2,1-2H3,(H,18,19). The van der Waals surface area contributed by atoms with Gasteiger partial charge in [0.15, 0.2) is 0 Å². The predicted molar refractivity (Wildman–Crippen MR) is 80.2 cm³/mol. The van der Waals surface area contributed by atoms with Gasteiger partial charge in [0.1, 0.15) is 5.56 Å². The van der Waals surface area contributed by atoms with Gasteiger partial charge in [0.25, 0.3) is 5.56 Å². The zero-order valence-electron chi connectivity index (χ0n) is 12.2. The molecule has 0 fully saturated rings. The van der Waals surface area contributed by atoms with Crippen molar-refractivity contribution in [3.05, 3.63) is 52.2 Å². The molecule has 1 N–H and O–H groups in total. The largest absolute Gasteiger partial charge is 0.462 e. The molecule has 0 unspecified atom stereocenters. The van der Waals surface area contributed by atoms with Crippen LogP contribution < -0.4 is 5.56 Å². The smallest absolute Gasteiger partial charge is 0.343 e. The molecule has 2 aromatic rings. The number of hydrogen-bond donors (Lipinski definition) is 1. The molecule has 0 spiro atoms. The number of aromatic amines is 1. The molecule has 0 aromatic carbocycles. The van der Waals surface area contributed by atoms with Crippen molar-refractivity contribution in [1.82, 2.24) is 9.97 Å². The lowest BCUT2D eigenvalue weighted by molar-refractivity contribution is 0.0524. The Balaban J connectivity index is 2.57. The highest BCUT2D eigenvalue weighted by Gasteiger charge is 2.16. The first-order chi connectivity index (χ1) is 10.2. The molecule has 0 aliphatic heterocycles. The lowest BCUT2D eigenvalue weighted by atomic mass is 10.0. The monoisotopic (exact) mass is 286 g/mol. The second-order valence-electron chi connectivity index (χ2n) is 4.61. The number of hydrogen-bond acceptors (Lipinski definition) is 4. The van der Waals surface area contributed by atoms with Crippen LogP contribution in [0, 0.1) is 0 Å². The molecule has 0 aliphatic rings. The van der Waals surface area contributed by atoms with E-state index in [9.17, 15) is 9.59 Å². The first kappa shape index (κ1) is 15.0. The summed E-state index contributed by atoms with van der Waals surface area (Å²) in [5.74, 6) is -0.600. The molecule has 0 saturated heterocycles. The van der Waals surface area contributed by atoms with Crippen LogP contribution >= 0.6 is 0 Å². The minimum atomic E-state index is -0.600. The molecular formula is C16H18N2O3. The average molecular weight is 286 g/mol. The number of rotatable bonds is 5. The van der Waals surface area contributed by atoms with Gasteiger partial charge in [-0.05, 0) is 37.1 Å². The zero-order chi connectivity index (χ0) is 15.2. The van der Waals surface area contributed by atoms with E-state index in [4.69, 9.17) is 4.74 Å². The Bertz CT molecular complexity index is 678. The van der Waals surface area contributed by atoms with Crippen molar-refractivity contribution in [1.29, 1.82) is 0 Å². The Morgan fingerprint density at radius 3 is 2.62 bits per heavy atom. The molecule has 2 heterocycles. The number of nitrogens with zero attached hydrogens (tertiary/aromatic N) is 1. The SMILES string of the molecule is CCCc1[nH]c(=O)c(C(=O)OCC)cc1-c1ccncc1. The van der Waals surface area contributed by atoms with E-state index in [0.717, 1.165) is 29.7 Å². The maximum atomic E-state index is 12.0. The molecule has 0 saturated carbocycles. The highest BCUT2D eigenvalue weighted by Crippen LogP contribution is 2.23. The summed E-state index contributed by atoms with van der Waals surface area (Å²) in [5.41, 5.74) is 2.19. The topological polar surface area (TPSA) is 72.0 Å². The highest BCUT2D eigenvalue weighted by molar-refractivity contribution is 5.90. The third kappa shape index (κ3) is 3.37. The molecule has 0 radical (unpaired) electrons. The van der Waals surface area contributed by atoms with Crippen LogP contribution in [0.4, 0.5) is 0 Å². The van der Waals surface area contributed by atoms with E-state index < -0.39 is 11.5 Å². The minimum Gasteiger partial charge on any atom is -0.462 e. The highest BCUT2D eigenvalue weighted by atomic mass is 16.5. The molecule has 0 amide bonds. The molecule has 0 atom stereocenters. The molecule has 2 rings (SSSR count). The van der Waals surface area contributed by atoms with Crippen LogP contribution in [-0.2, 0) is 11.2 Å². The Hall–Kier alpha value is -2.43. The van der Waals surface area contributed by atoms with Crippen LogP contribution in [0.25, 0.3) is 11.1 Å². The van der Waals surface area contributed by atoms with Crippen molar-refractivity contribution >= 4 is 5.97 Å². The van der Waals surface area contributed by atoms with Gasteiger partial charge in [0, 0.05) is 23.7 Å². The van der Waals surface area contributed by atoms with Gasteiger partial charge in [-0.3, -0.25) is 9.78 Å². The van der Waals surface area contributed by atoms with E-state index in [1.54, 1.807) is 25.4 Å². The summed E-state index contributed by atoms with van der Waals surface area (Å²) in [4.78, 5) is 30.7. The van der Waals surface area contributed by atoms with Crippen molar-refractivity contribution in [3.63, 3.8) is 0 Å². The number of aryl methyl sites for hydroxylation is 1. The predicted octanol–water partition coefficient (Wildman–Crippen LogP) is 2.57. The van der Waals surface area contributed by atoms with Gasteiger partial charge in [-0.15, -0.1) is 0 Å². The van der Waals surface area contributed by atoms with Gasteiger partial charge in [0.2, 0.25) is 0 Å². The number of nitrogens with one attached hydrogen (secondary N) is 1. The molecule has 110 valence electrons. The van der Waals surface area contributed by atoms with E-state index in [-0.39, 0.29) is 12.2 Å². The number of ether oxygens (including phenoxy) is 1. The molecule has 21 heavy (non-hydrogen) atoms. The van der Waals surface area contributed by atoms with Crippen LogP contribution in [0.2, 0.25) is 0 Å². The third-order valence-corrected chi connectivity index (χ3v) is 3.11. The lowest BCUT2D eigenvalue weighted by Gasteiger charge is -2.11. The number of aromatic nitrogens is 2. The van der Waals surface area contributed by atoms with Crippen LogP contribution in [0.5, 0.6) is 0 Å². The van der Waals surface area contributed by atoms with Gasteiger partial charge >= 0.3 is 5.97 Å². The summed E-state index contributed by atoms with van der Waals surface area (Å²) in [5, 5.41) is 0. The van der Waals surface area contributed by atoms with Crippen molar-refractivity contribution < 1.29 is 9.53 Å². The Morgan fingerprint density at radius 1 is 1.29 bits per heavy atom. The number of esters is 1. The fourth-order valence-corrected chi connectivity index (χ4v) is 2.17. The molecule has 5 heteroatoms. The summed E-state index contributed by atoms with van der Waals surface area (Å²) in [6.45, 7) is 3.98. The molecule has 2 aromatic heterocycles. The van der Waals surface area contributed by atoms with Crippen molar-refractivity contribution in [2.75, 3.05) is 6.61 Å². The maximum Gasteiger partial charge on any atom is 0.343 e. The average Bonchev–Trinajstić information content (AvgIpc) is 2.49. The Labute approximate surface area is 123 Å². The normalized spacial score (nSPS) is 10.4. The van der Waals surface area contributed by atoms with Gasteiger partial charge in [-0.2, -0.15) is 0 Å². The molecule has 0 aliphatic carbocycles. The summed E-state index contributed by atoms with van der Waals surface area (Å²) < 4.78 is 4.93. The quantitative estimate of drug-likeness (QED) is 0.857. The third-order valence-electron chi connectivity index (χ3n) is 3.11. The van der Waals surface area contributed by atoms with E-state index in [2.05, 4.69) is 9.97 Å². The van der Waals surface area contributed by atoms with E-state index >= 15 is 0 Å². The molecule has 5 nitrogen and oxygen atoms in total. The summed E-state index contributed by atoms with van der Waals surface area (Å²) in [6.07, 6.45) is 4.99. The fourth-order valence-electron chi connectivity index (χ4n) is 2.17. The van der Waals surface area contributed by atoms with Crippen LogP contribution in [-0.4, -0.2) is 22.5 Å². The van der Waals surface area contributed by atoms with E-state index in [0.29, 0.717) is 0 Å². The van der Waals surface area contributed by atoms with Crippen molar-refractivity contribution in [2.45, 2.75) is 26.7 Å². The van der Waals surface area contributed by atoms with Crippen molar-refractivity contribution in [3.8, 4) is 11.1 Å². The van der Waals surface area contributed by atoms with Crippen LogP contribution in [0.15, 0.2) is 35.4 Å². The Morgan fingerprint density at radius 2 is 2.00 bits per heavy atom. The van der Waals surface area contributed by atoms with Gasteiger partial charge in [-0.25, -0.2) is 4.79 Å². The number of carbonyl (C=O) groups is 1. The van der Waals surface area contributed by atoms with Gasteiger partial charge < -0.3 is 9.72 Å². The summed E-state index contributed by atoms with van der Waals surface area (Å²) in [7, 11) is 0. The summed E-state index contributed by atoms with van der Waals surface area (Å²) >= 11 is 0. The van der Waals surface area contributed by atoms with E-state index in [1.165, 1.54) is 0 Å². The Kier molecular flexibility index (Phi) is 4.87. The minimum absolute atomic E-state index is 0.0310. The molecular weight excluding hydrogens is 268 g/mol. The first-order valence-corrected chi connectivity index (χ1v) is 7.01. The fraction of sp³-hybridized carbons (Fsp3) is 0.312. The summed E-state index contributed by atoms with van der Waals surface area (Å²) in [6, 6.07) is 5.31. The maximum absolute atomic E-state index is 12.0. The number of pyridine rings is 2. The number of carbonyl (C=O) groups excluding carboxylic acids is 1. The van der Waals surface area contributed by atoms with Crippen molar-refractivity contribution in [2.24, 2.45) is 0 Å². The first-order valence-electron chi connectivity index (χ1n) is 7.01. The van der Waals surface area contributed by atoms with Crippen LogP contribution in [0.1, 0.15) is 36.3 Å².